The van der Waals surface area contributed by atoms with Crippen LogP contribution < -0.4 is 0 Å². The van der Waals surface area contributed by atoms with Crippen LogP contribution in [0, 0.1) is 0 Å². The maximum atomic E-state index is 13.0. The van der Waals surface area contributed by atoms with Gasteiger partial charge in [0.05, 0.1) is 27.9 Å². The van der Waals surface area contributed by atoms with E-state index >= 15 is 0 Å². The molecule has 0 spiro atoms. The average molecular weight is 398 g/mol. The normalized spacial score (nSPS) is 18.7. The third-order valence-corrected chi connectivity index (χ3v) is 6.23. The molecule has 0 saturated carbocycles. The Labute approximate surface area is 157 Å². The second-order valence-corrected chi connectivity index (χ2v) is 9.29. The smallest absolute Gasteiger partial charge is 0.424 e. The molecule has 1 unspecified atom stereocenters. The zero-order valence-electron chi connectivity index (χ0n) is 14.9. The van der Waals surface area contributed by atoms with Gasteiger partial charge in [-0.2, -0.15) is 9.40 Å². The minimum Gasteiger partial charge on any atom is -0.443 e. The lowest BCUT2D eigenvalue weighted by atomic mass is 10.0. The molecule has 140 valence electrons. The van der Waals surface area contributed by atoms with Crippen LogP contribution in [0.2, 0.25) is 5.02 Å². The SMILES string of the molecule is Cn1ncc(Cl)c1CC1c2ccccc2S(=O)(=O)N1C(=O)OC(C)(C)C. The van der Waals surface area contributed by atoms with Crippen molar-refractivity contribution in [3.8, 4) is 0 Å². The second-order valence-electron chi connectivity index (χ2n) is 7.10. The predicted octanol–water partition coefficient (Wildman–Crippen LogP) is 3.30. The van der Waals surface area contributed by atoms with Gasteiger partial charge in [-0.3, -0.25) is 4.68 Å². The molecule has 26 heavy (non-hydrogen) atoms. The Balaban J connectivity index is 2.09. The number of aromatic nitrogens is 2. The van der Waals surface area contributed by atoms with Crippen LogP contribution in [-0.2, 0) is 28.2 Å². The lowest BCUT2D eigenvalue weighted by Crippen LogP contribution is -2.40. The Hall–Kier alpha value is -2.06. The van der Waals surface area contributed by atoms with Gasteiger partial charge in [0.25, 0.3) is 10.0 Å². The van der Waals surface area contributed by atoms with E-state index in [4.69, 9.17) is 16.3 Å². The Kier molecular flexibility index (Phi) is 4.52. The third kappa shape index (κ3) is 3.19. The number of aryl methyl sites for hydroxylation is 1. The van der Waals surface area contributed by atoms with E-state index in [-0.39, 0.29) is 11.3 Å². The lowest BCUT2D eigenvalue weighted by Gasteiger charge is -2.27. The molecule has 0 aliphatic carbocycles. The minimum atomic E-state index is -4.01. The molecule has 1 atom stereocenters. The molecule has 1 aromatic carbocycles. The third-order valence-electron chi connectivity index (χ3n) is 4.07. The summed E-state index contributed by atoms with van der Waals surface area (Å²) in [6, 6.07) is 5.81. The van der Waals surface area contributed by atoms with Crippen molar-refractivity contribution < 1.29 is 17.9 Å². The highest BCUT2D eigenvalue weighted by molar-refractivity contribution is 7.90. The highest BCUT2D eigenvalue weighted by atomic mass is 35.5. The molecular formula is C17H20ClN3O4S. The summed E-state index contributed by atoms with van der Waals surface area (Å²) in [4.78, 5) is 12.8. The molecular weight excluding hydrogens is 378 g/mol. The summed E-state index contributed by atoms with van der Waals surface area (Å²) in [5.74, 6) is 0. The van der Waals surface area contributed by atoms with Crippen LogP contribution in [0.15, 0.2) is 35.4 Å². The van der Waals surface area contributed by atoms with E-state index in [1.54, 1.807) is 50.7 Å². The van der Waals surface area contributed by atoms with Crippen LogP contribution >= 0.6 is 11.6 Å². The number of hydrogen-bond donors (Lipinski definition) is 0. The summed E-state index contributed by atoms with van der Waals surface area (Å²) < 4.78 is 33.7. The lowest BCUT2D eigenvalue weighted by molar-refractivity contribution is 0.0345. The van der Waals surface area contributed by atoms with E-state index < -0.39 is 27.8 Å². The number of carbonyl (C=O) groups is 1. The number of rotatable bonds is 2. The van der Waals surface area contributed by atoms with Gasteiger partial charge in [0, 0.05) is 13.5 Å². The van der Waals surface area contributed by atoms with Gasteiger partial charge in [-0.05, 0) is 32.4 Å². The van der Waals surface area contributed by atoms with Crippen LogP contribution in [0.25, 0.3) is 0 Å². The fraction of sp³-hybridized carbons (Fsp3) is 0.412. The van der Waals surface area contributed by atoms with Crippen LogP contribution in [-0.4, -0.2) is 34.2 Å². The summed E-state index contributed by atoms with van der Waals surface area (Å²) in [7, 11) is -2.29. The number of carbonyl (C=O) groups excluding carboxylic acids is 1. The largest absolute Gasteiger partial charge is 0.443 e. The maximum Gasteiger partial charge on any atom is 0.424 e. The van der Waals surface area contributed by atoms with Crippen LogP contribution in [0.4, 0.5) is 4.79 Å². The van der Waals surface area contributed by atoms with Gasteiger partial charge in [0.1, 0.15) is 5.60 Å². The molecule has 2 aromatic rings. The van der Waals surface area contributed by atoms with E-state index in [1.807, 2.05) is 0 Å². The molecule has 0 saturated heterocycles. The Morgan fingerprint density at radius 1 is 1.31 bits per heavy atom. The molecule has 0 fully saturated rings. The summed E-state index contributed by atoms with van der Waals surface area (Å²) in [6.45, 7) is 5.06. The van der Waals surface area contributed by atoms with Crippen molar-refractivity contribution in [3.05, 3.63) is 46.7 Å². The molecule has 0 N–H and O–H groups in total. The standard InChI is InChI=1S/C17H20ClN3O4S/c1-17(2,3)25-16(22)21-13(9-14-12(18)10-19-20(14)4)11-7-5-6-8-15(11)26(21,23)24/h5-8,10,13H,9H2,1-4H3. The Bertz CT molecular complexity index is 943. The van der Waals surface area contributed by atoms with Crippen molar-refractivity contribution in [2.75, 3.05) is 0 Å². The van der Waals surface area contributed by atoms with E-state index in [1.165, 1.54) is 12.3 Å². The van der Waals surface area contributed by atoms with Gasteiger partial charge in [0.15, 0.2) is 0 Å². The van der Waals surface area contributed by atoms with Crippen molar-refractivity contribution in [1.82, 2.24) is 14.1 Å². The molecule has 9 heteroatoms. The highest BCUT2D eigenvalue weighted by Crippen LogP contribution is 2.42. The number of halogens is 1. The van der Waals surface area contributed by atoms with Gasteiger partial charge >= 0.3 is 6.09 Å². The molecule has 1 aliphatic rings. The summed E-state index contributed by atoms with van der Waals surface area (Å²) >= 11 is 6.19. The van der Waals surface area contributed by atoms with Crippen molar-refractivity contribution in [1.29, 1.82) is 0 Å². The molecule has 2 heterocycles. The first-order chi connectivity index (χ1) is 12.0. The van der Waals surface area contributed by atoms with E-state index in [0.29, 0.717) is 16.3 Å². The maximum absolute atomic E-state index is 13.0. The molecule has 1 amide bonds. The zero-order chi connectivity index (χ0) is 19.3. The molecule has 1 aromatic heterocycles. The number of amides is 1. The molecule has 1 aliphatic heterocycles. The number of hydrogen-bond acceptors (Lipinski definition) is 5. The second kappa shape index (κ2) is 6.28. The van der Waals surface area contributed by atoms with Crippen molar-refractivity contribution in [3.63, 3.8) is 0 Å². The summed E-state index contributed by atoms with van der Waals surface area (Å²) in [5.41, 5.74) is 0.351. The Morgan fingerprint density at radius 2 is 1.96 bits per heavy atom. The van der Waals surface area contributed by atoms with Crippen molar-refractivity contribution >= 4 is 27.7 Å². The van der Waals surface area contributed by atoms with E-state index in [0.717, 1.165) is 4.31 Å². The van der Waals surface area contributed by atoms with Gasteiger partial charge < -0.3 is 4.74 Å². The van der Waals surface area contributed by atoms with E-state index in [2.05, 4.69) is 5.10 Å². The van der Waals surface area contributed by atoms with Gasteiger partial charge in [-0.1, -0.05) is 29.8 Å². The number of fused-ring (bicyclic) bond motifs is 1. The predicted molar refractivity (Wildman–Crippen MR) is 96.4 cm³/mol. The topological polar surface area (TPSA) is 81.5 Å². The van der Waals surface area contributed by atoms with Gasteiger partial charge in [0.2, 0.25) is 0 Å². The zero-order valence-corrected chi connectivity index (χ0v) is 16.5. The van der Waals surface area contributed by atoms with Crippen LogP contribution in [0.3, 0.4) is 0 Å². The van der Waals surface area contributed by atoms with Gasteiger partial charge in [-0.15, -0.1) is 0 Å². The number of ether oxygens (including phenoxy) is 1. The first-order valence-corrected chi connectivity index (χ1v) is 9.87. The first kappa shape index (κ1) is 18.7. The summed E-state index contributed by atoms with van der Waals surface area (Å²) in [5, 5.41) is 4.50. The minimum absolute atomic E-state index is 0.106. The van der Waals surface area contributed by atoms with Crippen molar-refractivity contribution in [2.24, 2.45) is 7.05 Å². The van der Waals surface area contributed by atoms with Gasteiger partial charge in [-0.25, -0.2) is 13.2 Å². The number of sulfonamides is 1. The quantitative estimate of drug-likeness (QED) is 0.776. The molecule has 3 rings (SSSR count). The fourth-order valence-electron chi connectivity index (χ4n) is 2.96. The van der Waals surface area contributed by atoms with Crippen LogP contribution in [0.1, 0.15) is 38.1 Å². The highest BCUT2D eigenvalue weighted by Gasteiger charge is 2.47. The average Bonchev–Trinajstić information content (AvgIpc) is 2.95. The monoisotopic (exact) mass is 397 g/mol. The number of nitrogens with zero attached hydrogens (tertiary/aromatic N) is 3. The van der Waals surface area contributed by atoms with E-state index in [9.17, 15) is 13.2 Å². The fourth-order valence-corrected chi connectivity index (χ4v) is 4.93. The Morgan fingerprint density at radius 3 is 2.54 bits per heavy atom. The van der Waals surface area contributed by atoms with Crippen LogP contribution in [0.5, 0.6) is 0 Å². The van der Waals surface area contributed by atoms with Crippen molar-refractivity contribution in [2.45, 2.75) is 43.7 Å². The molecule has 7 nitrogen and oxygen atoms in total. The molecule has 0 radical (unpaired) electrons. The summed E-state index contributed by atoms with van der Waals surface area (Å²) in [6.07, 6.45) is 0.784. The number of benzene rings is 1. The molecule has 0 bridgehead atoms. The first-order valence-electron chi connectivity index (χ1n) is 8.05.